The van der Waals surface area contributed by atoms with Crippen LogP contribution in [0.3, 0.4) is 0 Å². The van der Waals surface area contributed by atoms with Crippen LogP contribution in [0.2, 0.25) is 0 Å². The molecule has 0 unspecified atom stereocenters. The van der Waals surface area contributed by atoms with Gasteiger partial charge in [0.25, 0.3) is 0 Å². The molecule has 13 nitrogen and oxygen atoms in total. The Kier molecular flexibility index (Phi) is 16.2. The molecule has 0 saturated carbocycles. The largest absolute Gasteiger partial charge is 0.452 e. The highest BCUT2D eigenvalue weighted by atomic mass is 32.2. The third-order valence-electron chi connectivity index (χ3n) is 7.79. The zero-order valence-electron chi connectivity index (χ0n) is 31.8. The fourth-order valence-electron chi connectivity index (χ4n) is 5.53. The second kappa shape index (κ2) is 20.0. The van der Waals surface area contributed by atoms with Gasteiger partial charge in [-0.15, -0.1) is 11.8 Å². The van der Waals surface area contributed by atoms with E-state index in [1.807, 2.05) is 36.4 Å². The number of ether oxygens (including phenoxy) is 3. The minimum absolute atomic E-state index is 0.101. The summed E-state index contributed by atoms with van der Waals surface area (Å²) in [6.07, 6.45) is -1.87. The smallest absolute Gasteiger partial charge is 0.408 e. The molecular weight excluding hydrogens is 701 g/mol. The van der Waals surface area contributed by atoms with Crippen LogP contribution in [0.4, 0.5) is 9.59 Å². The topological polar surface area (TPSA) is 169 Å². The van der Waals surface area contributed by atoms with Gasteiger partial charge in [0, 0.05) is 38.6 Å². The van der Waals surface area contributed by atoms with Crippen LogP contribution in [0, 0.1) is 0 Å². The van der Waals surface area contributed by atoms with Crippen LogP contribution in [0.1, 0.15) is 84.4 Å². The van der Waals surface area contributed by atoms with E-state index < -0.39 is 53.3 Å². The number of nitrogens with zero attached hydrogens (tertiary/aromatic N) is 1. The van der Waals surface area contributed by atoms with Crippen LogP contribution in [-0.4, -0.2) is 88.2 Å². The van der Waals surface area contributed by atoms with Gasteiger partial charge < -0.3 is 35.1 Å². The maximum Gasteiger partial charge on any atom is 0.408 e. The maximum atomic E-state index is 13.8. The molecule has 3 atom stereocenters. The number of rotatable bonds is 16. The summed E-state index contributed by atoms with van der Waals surface area (Å²) in [6.45, 7) is 12.4. The van der Waals surface area contributed by atoms with Crippen LogP contribution in [0.25, 0.3) is 0 Å². The van der Waals surface area contributed by atoms with Crippen LogP contribution in [-0.2, 0) is 52.8 Å². The molecule has 1 aliphatic heterocycles. The summed E-state index contributed by atoms with van der Waals surface area (Å²) < 4.78 is 16.3. The number of hydrogen-bond acceptors (Lipinski definition) is 10. The lowest BCUT2D eigenvalue weighted by molar-refractivity contribution is -0.154. The molecule has 4 amide bonds. The van der Waals surface area contributed by atoms with Crippen molar-refractivity contribution < 1.29 is 43.0 Å². The number of hydrogen-bond donors (Lipinski definition) is 3. The van der Waals surface area contributed by atoms with Gasteiger partial charge in [0.2, 0.25) is 11.8 Å². The Bertz CT molecular complexity index is 1570. The highest BCUT2D eigenvalue weighted by molar-refractivity contribution is 7.99. The van der Waals surface area contributed by atoms with Crippen molar-refractivity contribution in [3.63, 3.8) is 0 Å². The van der Waals surface area contributed by atoms with E-state index in [9.17, 15) is 28.8 Å². The van der Waals surface area contributed by atoms with Gasteiger partial charge in [-0.05, 0) is 77.5 Å². The van der Waals surface area contributed by atoms with Gasteiger partial charge in [-0.1, -0.05) is 54.6 Å². The van der Waals surface area contributed by atoms with Crippen molar-refractivity contribution in [3.05, 3.63) is 71.3 Å². The molecule has 0 radical (unpaired) electrons. The number of alkyl carbamates (subject to hydrolysis) is 2. The minimum atomic E-state index is -1.30. The standard InChI is InChI=1S/C39H54N4O9S/c1-26(44)50-34(31(22-27-13-9-8-10-14-27)42-37(49)52-39(5,6)7)32(45)23-28-15-11-16-29(21-28)24-40-33(46)18-12-17-30(35(47)43-19-20-53-25-43)41-36(48)51-38(2,3)4/h8-11,13-16,21,30-31,34H,12,17-20,22-25H2,1-7H3,(H,40,46)(H,41,48)(H,42,49)/t30-,31+,34-/m0/s1. The van der Waals surface area contributed by atoms with E-state index in [0.29, 0.717) is 24.4 Å². The number of amides is 4. The van der Waals surface area contributed by atoms with Gasteiger partial charge in [0.05, 0.1) is 11.9 Å². The Morgan fingerprint density at radius 1 is 0.830 bits per heavy atom. The van der Waals surface area contributed by atoms with E-state index in [1.165, 1.54) is 6.92 Å². The summed E-state index contributed by atoms with van der Waals surface area (Å²) in [7, 11) is 0. The average Bonchev–Trinajstić information content (AvgIpc) is 3.59. The van der Waals surface area contributed by atoms with Crippen molar-refractivity contribution >= 4 is 47.5 Å². The monoisotopic (exact) mass is 754 g/mol. The molecule has 1 heterocycles. The fraction of sp³-hybridized carbons (Fsp3) is 0.538. The van der Waals surface area contributed by atoms with Crippen molar-refractivity contribution in [1.82, 2.24) is 20.9 Å². The van der Waals surface area contributed by atoms with Gasteiger partial charge in [0.1, 0.15) is 17.2 Å². The molecule has 290 valence electrons. The molecule has 14 heteroatoms. The summed E-state index contributed by atoms with van der Waals surface area (Å²) >= 11 is 1.64. The molecule has 1 fully saturated rings. The van der Waals surface area contributed by atoms with Crippen LogP contribution in [0.5, 0.6) is 0 Å². The lowest BCUT2D eigenvalue weighted by Crippen LogP contribution is -2.51. The summed E-state index contributed by atoms with van der Waals surface area (Å²) in [4.78, 5) is 78.9. The van der Waals surface area contributed by atoms with E-state index in [-0.39, 0.29) is 44.0 Å². The number of carbonyl (C=O) groups is 6. The first kappa shape index (κ1) is 42.8. The number of thioether (sulfide) groups is 1. The molecule has 0 aromatic heterocycles. The third kappa shape index (κ3) is 16.3. The van der Waals surface area contributed by atoms with Gasteiger partial charge in [-0.2, -0.15) is 0 Å². The van der Waals surface area contributed by atoms with Gasteiger partial charge in [-0.25, -0.2) is 9.59 Å². The molecular formula is C39H54N4O9S. The average molecular weight is 755 g/mol. The van der Waals surface area contributed by atoms with Gasteiger partial charge >= 0.3 is 18.2 Å². The molecule has 0 spiro atoms. The molecule has 53 heavy (non-hydrogen) atoms. The number of Topliss-reactive ketones (excluding diaryl/α,β-unsaturated/α-hetero) is 1. The maximum absolute atomic E-state index is 13.8. The van der Waals surface area contributed by atoms with Crippen LogP contribution < -0.4 is 16.0 Å². The molecule has 1 aliphatic rings. The summed E-state index contributed by atoms with van der Waals surface area (Å²) in [5, 5.41) is 8.31. The van der Waals surface area contributed by atoms with Crippen molar-refractivity contribution in [2.45, 2.75) is 117 Å². The molecule has 2 aromatic carbocycles. The quantitative estimate of drug-likeness (QED) is 0.155. The summed E-state index contributed by atoms with van der Waals surface area (Å²) in [6, 6.07) is 14.6. The number of ketones is 1. The molecule has 0 aliphatic carbocycles. The Labute approximate surface area is 316 Å². The molecule has 3 rings (SSSR count). The van der Waals surface area contributed by atoms with E-state index in [1.54, 1.807) is 76.4 Å². The molecule has 0 bridgehead atoms. The Morgan fingerprint density at radius 2 is 1.45 bits per heavy atom. The predicted molar refractivity (Wildman–Crippen MR) is 202 cm³/mol. The number of nitrogens with one attached hydrogen (secondary N) is 3. The van der Waals surface area contributed by atoms with E-state index in [0.717, 1.165) is 16.9 Å². The van der Waals surface area contributed by atoms with Gasteiger partial charge in [-0.3, -0.25) is 19.2 Å². The SMILES string of the molecule is CC(=O)O[C@H](C(=O)Cc1cccc(CNC(=O)CCC[C@H](NC(=O)OC(C)(C)C)C(=O)N2CCSC2)c1)[C@@H](Cc1ccccc1)NC(=O)OC(C)(C)C. The first-order chi connectivity index (χ1) is 24.9. The normalized spacial score (nSPS) is 14.7. The summed E-state index contributed by atoms with van der Waals surface area (Å²) in [5.41, 5.74) is 0.685. The third-order valence-corrected chi connectivity index (χ3v) is 8.75. The van der Waals surface area contributed by atoms with E-state index >= 15 is 0 Å². The van der Waals surface area contributed by atoms with Crippen LogP contribution in [0.15, 0.2) is 54.6 Å². The number of benzene rings is 2. The lowest BCUT2D eigenvalue weighted by Gasteiger charge is -2.28. The summed E-state index contributed by atoms with van der Waals surface area (Å²) in [5.74, 6) is -0.146. The highest BCUT2D eigenvalue weighted by Gasteiger charge is 2.34. The molecule has 2 aromatic rings. The Balaban J connectivity index is 1.62. The number of carbonyl (C=O) groups excluding carboxylic acids is 6. The first-order valence-corrected chi connectivity index (χ1v) is 19.0. The predicted octanol–water partition coefficient (Wildman–Crippen LogP) is 5.08. The van der Waals surface area contributed by atoms with Crippen molar-refractivity contribution in [3.8, 4) is 0 Å². The van der Waals surface area contributed by atoms with Crippen LogP contribution >= 0.6 is 11.8 Å². The Hall–Kier alpha value is -4.59. The molecule has 3 N–H and O–H groups in total. The second-order valence-electron chi connectivity index (χ2n) is 14.9. The zero-order valence-corrected chi connectivity index (χ0v) is 32.6. The van der Waals surface area contributed by atoms with Crippen molar-refractivity contribution in [1.29, 1.82) is 0 Å². The van der Waals surface area contributed by atoms with Crippen molar-refractivity contribution in [2.24, 2.45) is 0 Å². The zero-order chi connectivity index (χ0) is 39.2. The molecule has 1 saturated heterocycles. The minimum Gasteiger partial charge on any atom is -0.452 e. The fourth-order valence-corrected chi connectivity index (χ4v) is 6.49. The second-order valence-corrected chi connectivity index (χ2v) is 16.0. The lowest BCUT2D eigenvalue weighted by atomic mass is 9.94. The highest BCUT2D eigenvalue weighted by Crippen LogP contribution is 2.18. The van der Waals surface area contributed by atoms with Crippen molar-refractivity contribution in [2.75, 3.05) is 18.2 Å². The van der Waals surface area contributed by atoms with E-state index in [4.69, 9.17) is 14.2 Å². The Morgan fingerprint density at radius 3 is 2.06 bits per heavy atom. The first-order valence-electron chi connectivity index (χ1n) is 17.8. The van der Waals surface area contributed by atoms with E-state index in [2.05, 4.69) is 16.0 Å². The number of esters is 1. The van der Waals surface area contributed by atoms with Gasteiger partial charge in [0.15, 0.2) is 11.9 Å².